The van der Waals surface area contributed by atoms with E-state index in [4.69, 9.17) is 4.74 Å². The third-order valence-electron chi connectivity index (χ3n) is 2.33. The van der Waals surface area contributed by atoms with Crippen LogP contribution in [0.3, 0.4) is 0 Å². The van der Waals surface area contributed by atoms with Gasteiger partial charge in [0.25, 0.3) is 0 Å². The molecule has 3 aromatic rings. The van der Waals surface area contributed by atoms with Gasteiger partial charge in [-0.1, -0.05) is 18.2 Å². The molecule has 2 heterocycles. The molecule has 1 aromatic carbocycles. The Morgan fingerprint density at radius 1 is 0.636 bits per heavy atom. The molecule has 0 bridgehead atoms. The molecule has 0 aliphatic rings. The van der Waals surface area contributed by atoms with Gasteiger partial charge in [0.2, 0.25) is 0 Å². The van der Waals surface area contributed by atoms with Crippen molar-refractivity contribution in [2.24, 2.45) is 0 Å². The van der Waals surface area contributed by atoms with Gasteiger partial charge in [-0.25, -0.2) is 0 Å². The summed E-state index contributed by atoms with van der Waals surface area (Å²) in [7, 11) is 0. The lowest BCUT2D eigenvalue weighted by atomic mass is 10.3. The van der Waals surface area contributed by atoms with E-state index >= 15 is 0 Å². The summed E-state index contributed by atoms with van der Waals surface area (Å²) in [6.07, 6.45) is 6.88. The van der Waals surface area contributed by atoms with E-state index in [9.17, 15) is 0 Å². The lowest BCUT2D eigenvalue weighted by Gasteiger charge is -2.04. The lowest BCUT2D eigenvalue weighted by Crippen LogP contribution is -1.84. The minimum absolute atomic E-state index is 0.727. The molecule has 0 aliphatic carbocycles. The van der Waals surface area contributed by atoms with Gasteiger partial charge in [0.1, 0.15) is 11.5 Å². The van der Waals surface area contributed by atoms with Crippen LogP contribution in [0.25, 0.3) is 0 Å². The summed E-state index contributed by atoms with van der Waals surface area (Å²) < 4.78 is 8.46. The van der Waals surface area contributed by atoms with Crippen LogP contribution in [0.2, 0.25) is 0 Å². The largest absolute Gasteiger partial charge is 0.456 e. The second kappa shape index (κ2) is 9.02. The van der Waals surface area contributed by atoms with Crippen LogP contribution >= 0.6 is 47.8 Å². The molecular formula is C16H11Br3N2O. The van der Waals surface area contributed by atoms with Crippen molar-refractivity contribution in [2.45, 2.75) is 0 Å². The van der Waals surface area contributed by atoms with E-state index in [1.54, 1.807) is 24.8 Å². The smallest absolute Gasteiger partial charge is 0.146 e. The van der Waals surface area contributed by atoms with E-state index in [-0.39, 0.29) is 0 Å². The maximum atomic E-state index is 5.57. The summed E-state index contributed by atoms with van der Waals surface area (Å²) >= 11 is 9.87. The van der Waals surface area contributed by atoms with Gasteiger partial charge in [-0.2, -0.15) is 0 Å². The first-order valence-corrected chi connectivity index (χ1v) is 8.61. The number of ether oxygens (including phenoxy) is 1. The number of rotatable bonds is 2. The topological polar surface area (TPSA) is 35.0 Å². The zero-order chi connectivity index (χ0) is 15.8. The van der Waals surface area contributed by atoms with Gasteiger partial charge < -0.3 is 4.74 Å². The van der Waals surface area contributed by atoms with Crippen LogP contribution < -0.4 is 4.74 Å². The maximum Gasteiger partial charge on any atom is 0.146 e. The van der Waals surface area contributed by atoms with Crippen molar-refractivity contribution in [3.05, 3.63) is 80.7 Å². The Kier molecular flexibility index (Phi) is 7.02. The number of halogens is 3. The Morgan fingerprint density at radius 2 is 1.18 bits per heavy atom. The normalized spacial score (nSPS) is 9.59. The van der Waals surface area contributed by atoms with E-state index in [2.05, 4.69) is 57.8 Å². The van der Waals surface area contributed by atoms with Crippen molar-refractivity contribution in [3.63, 3.8) is 0 Å². The van der Waals surface area contributed by atoms with Crippen LogP contribution in [0, 0.1) is 0 Å². The highest BCUT2D eigenvalue weighted by Gasteiger charge is 1.96. The average Bonchev–Trinajstić information content (AvgIpc) is 2.49. The molecule has 0 aliphatic heterocycles. The predicted octanol–water partition coefficient (Wildman–Crippen LogP) is 6.24. The Hall–Kier alpha value is -1.24. The number of pyridine rings is 2. The average molecular weight is 487 g/mol. The van der Waals surface area contributed by atoms with Gasteiger partial charge in [-0.15, -0.1) is 0 Å². The van der Waals surface area contributed by atoms with Crippen LogP contribution in [0.15, 0.2) is 80.7 Å². The van der Waals surface area contributed by atoms with Gasteiger partial charge >= 0.3 is 0 Å². The van der Waals surface area contributed by atoms with Crippen molar-refractivity contribution in [1.29, 1.82) is 0 Å². The first-order chi connectivity index (χ1) is 10.6. The zero-order valence-electron chi connectivity index (χ0n) is 11.3. The molecule has 0 spiro atoms. The molecule has 0 amide bonds. The molecule has 0 saturated carbocycles. The first kappa shape index (κ1) is 17.1. The number of benzene rings is 1. The molecule has 112 valence electrons. The summed E-state index contributed by atoms with van der Waals surface area (Å²) in [6, 6.07) is 13.4. The second-order valence-corrected chi connectivity index (χ2v) is 6.82. The third-order valence-corrected chi connectivity index (χ3v) is 3.63. The van der Waals surface area contributed by atoms with Gasteiger partial charge in [0.05, 0.1) is 6.20 Å². The summed E-state index contributed by atoms with van der Waals surface area (Å²) in [5.41, 5.74) is 0. The molecule has 3 rings (SSSR count). The maximum absolute atomic E-state index is 5.57. The van der Waals surface area contributed by atoms with E-state index in [1.807, 2.05) is 42.5 Å². The minimum Gasteiger partial charge on any atom is -0.456 e. The van der Waals surface area contributed by atoms with Crippen molar-refractivity contribution in [3.8, 4) is 11.5 Å². The standard InChI is InChI=1S/C11H8BrNO.C5H3Br2N/c12-9-6-11(8-13-7-9)14-10-4-2-1-3-5-10;6-4-1-5(7)3-8-2-4/h1-8H;1-3H. The van der Waals surface area contributed by atoms with Crippen LogP contribution in [-0.2, 0) is 0 Å². The molecule has 22 heavy (non-hydrogen) atoms. The number of nitrogens with zero attached hydrogens (tertiary/aromatic N) is 2. The Bertz CT molecular complexity index is 706. The fourth-order valence-corrected chi connectivity index (χ4v) is 2.84. The number of hydrogen-bond donors (Lipinski definition) is 0. The fourth-order valence-electron chi connectivity index (χ4n) is 1.46. The van der Waals surface area contributed by atoms with Gasteiger partial charge in [-0.3, -0.25) is 9.97 Å². The van der Waals surface area contributed by atoms with Crippen molar-refractivity contribution >= 4 is 47.8 Å². The zero-order valence-corrected chi connectivity index (χ0v) is 16.0. The molecule has 0 saturated heterocycles. The highest BCUT2D eigenvalue weighted by atomic mass is 79.9. The quantitative estimate of drug-likeness (QED) is 0.430. The summed E-state index contributed by atoms with van der Waals surface area (Å²) in [5, 5.41) is 0. The molecule has 0 atom stereocenters. The Labute approximate surface area is 154 Å². The monoisotopic (exact) mass is 484 g/mol. The minimum atomic E-state index is 0.727. The number of para-hydroxylation sites is 1. The highest BCUT2D eigenvalue weighted by Crippen LogP contribution is 2.22. The summed E-state index contributed by atoms with van der Waals surface area (Å²) in [4.78, 5) is 7.90. The van der Waals surface area contributed by atoms with Gasteiger partial charge in [0, 0.05) is 32.0 Å². The van der Waals surface area contributed by atoms with Crippen molar-refractivity contribution in [2.75, 3.05) is 0 Å². The summed E-state index contributed by atoms with van der Waals surface area (Å²) in [5.74, 6) is 1.54. The number of aromatic nitrogens is 2. The molecule has 0 unspecified atom stereocenters. The van der Waals surface area contributed by atoms with E-state index < -0.39 is 0 Å². The van der Waals surface area contributed by atoms with Gasteiger partial charge in [0.15, 0.2) is 0 Å². The number of hydrogen-bond acceptors (Lipinski definition) is 3. The predicted molar refractivity (Wildman–Crippen MR) is 98.1 cm³/mol. The van der Waals surface area contributed by atoms with Crippen LogP contribution in [0.5, 0.6) is 11.5 Å². The lowest BCUT2D eigenvalue weighted by molar-refractivity contribution is 0.480. The Morgan fingerprint density at radius 3 is 1.68 bits per heavy atom. The van der Waals surface area contributed by atoms with E-state index in [0.29, 0.717) is 0 Å². The van der Waals surface area contributed by atoms with E-state index in [0.717, 1.165) is 24.9 Å². The Balaban J connectivity index is 0.000000188. The highest BCUT2D eigenvalue weighted by molar-refractivity contribution is 9.11. The van der Waals surface area contributed by atoms with Crippen LogP contribution in [0.1, 0.15) is 0 Å². The van der Waals surface area contributed by atoms with E-state index in [1.165, 1.54) is 0 Å². The van der Waals surface area contributed by atoms with Crippen molar-refractivity contribution < 1.29 is 4.74 Å². The molecule has 0 N–H and O–H groups in total. The van der Waals surface area contributed by atoms with Gasteiger partial charge in [-0.05, 0) is 72.1 Å². The van der Waals surface area contributed by atoms with Crippen LogP contribution in [0.4, 0.5) is 0 Å². The first-order valence-electron chi connectivity index (χ1n) is 6.23. The fraction of sp³-hybridized carbons (Fsp3) is 0. The second-order valence-electron chi connectivity index (χ2n) is 4.08. The molecule has 0 radical (unpaired) electrons. The SMILES string of the molecule is Brc1cncc(Br)c1.Brc1cncc(Oc2ccccc2)c1. The molecular weight excluding hydrogens is 476 g/mol. The molecule has 0 fully saturated rings. The summed E-state index contributed by atoms with van der Waals surface area (Å²) in [6.45, 7) is 0. The molecule has 2 aromatic heterocycles. The third kappa shape index (κ3) is 6.25. The van der Waals surface area contributed by atoms with Crippen LogP contribution in [-0.4, -0.2) is 9.97 Å². The molecule has 6 heteroatoms. The molecule has 3 nitrogen and oxygen atoms in total. The van der Waals surface area contributed by atoms with Crippen molar-refractivity contribution in [1.82, 2.24) is 9.97 Å².